The van der Waals surface area contributed by atoms with Crippen molar-refractivity contribution in [1.29, 1.82) is 0 Å². The van der Waals surface area contributed by atoms with Crippen molar-refractivity contribution in [2.45, 2.75) is 13.0 Å². The normalized spacial score (nSPS) is 12.3. The molecule has 0 saturated heterocycles. The maximum Gasteiger partial charge on any atom is 0.252 e. The lowest BCUT2D eigenvalue weighted by molar-refractivity contribution is 0.0940. The van der Waals surface area contributed by atoms with E-state index in [0.29, 0.717) is 21.6 Å². The summed E-state index contributed by atoms with van der Waals surface area (Å²) in [6.45, 7) is 2.25. The molecule has 0 aliphatic rings. The highest BCUT2D eigenvalue weighted by Gasteiger charge is 2.12. The molecule has 0 fully saturated rings. The molecule has 0 aliphatic heterocycles. The number of carbonyl (C=O) groups is 1. The van der Waals surface area contributed by atoms with Crippen LogP contribution in [0.15, 0.2) is 22.7 Å². The zero-order chi connectivity index (χ0) is 11.4. The van der Waals surface area contributed by atoms with Crippen molar-refractivity contribution >= 4 is 33.4 Å². The fourth-order valence-corrected chi connectivity index (χ4v) is 1.63. The number of amides is 1. The van der Waals surface area contributed by atoms with Gasteiger partial charge in [-0.2, -0.15) is 0 Å². The molecule has 0 radical (unpaired) electrons. The molecule has 3 nitrogen and oxygen atoms in total. The van der Waals surface area contributed by atoms with Crippen LogP contribution in [0.3, 0.4) is 0 Å². The molecule has 1 unspecified atom stereocenters. The minimum atomic E-state index is -0.178. The smallest absolute Gasteiger partial charge is 0.252 e. The van der Waals surface area contributed by atoms with Crippen LogP contribution in [0, 0.1) is 0 Å². The van der Waals surface area contributed by atoms with E-state index in [1.165, 1.54) is 0 Å². The molecule has 1 aromatic carbocycles. The summed E-state index contributed by atoms with van der Waals surface area (Å²) in [4.78, 5) is 11.7. The fraction of sp³-hybridized carbons (Fsp3) is 0.300. The molecule has 0 aliphatic carbocycles. The van der Waals surface area contributed by atoms with Crippen molar-refractivity contribution in [2.24, 2.45) is 5.73 Å². The molecule has 15 heavy (non-hydrogen) atoms. The predicted molar refractivity (Wildman–Crippen MR) is 65.1 cm³/mol. The maximum atomic E-state index is 11.7. The summed E-state index contributed by atoms with van der Waals surface area (Å²) in [5.74, 6) is -0.178. The van der Waals surface area contributed by atoms with Crippen LogP contribution in [0.25, 0.3) is 0 Å². The second kappa shape index (κ2) is 5.49. The first-order valence-corrected chi connectivity index (χ1v) is 5.67. The van der Waals surface area contributed by atoms with E-state index >= 15 is 0 Å². The van der Waals surface area contributed by atoms with Crippen LogP contribution in [-0.2, 0) is 0 Å². The lowest BCUT2D eigenvalue weighted by Gasteiger charge is -2.12. The molecule has 0 heterocycles. The van der Waals surface area contributed by atoms with Crippen LogP contribution >= 0.6 is 27.5 Å². The van der Waals surface area contributed by atoms with Crippen LogP contribution < -0.4 is 11.1 Å². The van der Waals surface area contributed by atoms with Gasteiger partial charge in [0.2, 0.25) is 0 Å². The molecular weight excluding hydrogens is 279 g/mol. The highest BCUT2D eigenvalue weighted by Crippen LogP contribution is 2.21. The Bertz CT molecular complexity index is 370. The molecule has 0 bridgehead atoms. The van der Waals surface area contributed by atoms with Gasteiger partial charge in [-0.05, 0) is 41.1 Å². The lowest BCUT2D eigenvalue weighted by atomic mass is 10.2. The number of halogens is 2. The molecule has 1 atom stereocenters. The predicted octanol–water partition coefficient (Wildman–Crippen LogP) is 2.18. The summed E-state index contributed by atoms with van der Waals surface area (Å²) in [5, 5.41) is 3.29. The first-order valence-electron chi connectivity index (χ1n) is 4.50. The van der Waals surface area contributed by atoms with Crippen LogP contribution in [0.2, 0.25) is 5.02 Å². The van der Waals surface area contributed by atoms with Crippen LogP contribution in [0.1, 0.15) is 17.3 Å². The van der Waals surface area contributed by atoms with Gasteiger partial charge >= 0.3 is 0 Å². The summed E-state index contributed by atoms with van der Waals surface area (Å²) in [6.07, 6.45) is 0. The molecule has 3 N–H and O–H groups in total. The first-order chi connectivity index (χ1) is 7.04. The summed E-state index contributed by atoms with van der Waals surface area (Å²) < 4.78 is 0.716. The minimum absolute atomic E-state index is 0.0524. The van der Waals surface area contributed by atoms with Gasteiger partial charge in [0, 0.05) is 22.1 Å². The Labute approximate surface area is 102 Å². The van der Waals surface area contributed by atoms with Crippen LogP contribution in [0.4, 0.5) is 0 Å². The molecular formula is C10H12BrClN2O. The third-order valence-electron chi connectivity index (χ3n) is 1.90. The van der Waals surface area contributed by atoms with Gasteiger partial charge in [0.25, 0.3) is 5.91 Å². The van der Waals surface area contributed by atoms with E-state index in [9.17, 15) is 4.79 Å². The van der Waals surface area contributed by atoms with E-state index < -0.39 is 0 Å². The van der Waals surface area contributed by atoms with Crippen molar-refractivity contribution < 1.29 is 4.79 Å². The van der Waals surface area contributed by atoms with E-state index in [0.717, 1.165) is 0 Å². The molecule has 0 saturated carbocycles. The number of nitrogens with two attached hydrogens (primary N) is 1. The summed E-state index contributed by atoms with van der Waals surface area (Å²) in [5.41, 5.74) is 5.93. The minimum Gasteiger partial charge on any atom is -0.348 e. The van der Waals surface area contributed by atoms with E-state index in [1.54, 1.807) is 18.2 Å². The Morgan fingerprint density at radius 1 is 1.67 bits per heavy atom. The highest BCUT2D eigenvalue weighted by molar-refractivity contribution is 9.10. The van der Waals surface area contributed by atoms with Gasteiger partial charge in [-0.3, -0.25) is 4.79 Å². The third kappa shape index (κ3) is 3.48. The number of benzene rings is 1. The van der Waals surface area contributed by atoms with Crippen LogP contribution in [0.5, 0.6) is 0 Å². The quantitative estimate of drug-likeness (QED) is 0.897. The first kappa shape index (κ1) is 12.5. The second-order valence-electron chi connectivity index (χ2n) is 3.23. The van der Waals surface area contributed by atoms with Gasteiger partial charge < -0.3 is 11.1 Å². The molecule has 1 amide bonds. The van der Waals surface area contributed by atoms with Gasteiger partial charge in [-0.25, -0.2) is 0 Å². The summed E-state index contributed by atoms with van der Waals surface area (Å²) in [7, 11) is 0. The molecule has 1 aromatic rings. The van der Waals surface area contributed by atoms with E-state index in [1.807, 2.05) is 6.92 Å². The summed E-state index contributed by atoms with van der Waals surface area (Å²) >= 11 is 9.10. The Hall–Kier alpha value is -0.580. The Balaban J connectivity index is 2.86. The number of carbonyl (C=O) groups excluding carboxylic acids is 1. The van der Waals surface area contributed by atoms with Crippen molar-refractivity contribution in [3.63, 3.8) is 0 Å². The lowest BCUT2D eigenvalue weighted by Crippen LogP contribution is -2.37. The fourth-order valence-electron chi connectivity index (χ4n) is 1.03. The Kier molecular flexibility index (Phi) is 4.57. The number of hydrogen-bond acceptors (Lipinski definition) is 2. The zero-order valence-corrected chi connectivity index (χ0v) is 10.6. The molecule has 0 spiro atoms. The van der Waals surface area contributed by atoms with Crippen molar-refractivity contribution in [2.75, 3.05) is 6.54 Å². The average molecular weight is 292 g/mol. The zero-order valence-electron chi connectivity index (χ0n) is 8.26. The standard InChI is InChI=1S/C10H12BrClN2O/c1-6(5-13)14-10(15)8-4-7(12)2-3-9(8)11/h2-4,6H,5,13H2,1H3,(H,14,15). The highest BCUT2D eigenvalue weighted by atomic mass is 79.9. The van der Waals surface area contributed by atoms with Crippen molar-refractivity contribution in [3.8, 4) is 0 Å². The van der Waals surface area contributed by atoms with Gasteiger partial charge in [-0.15, -0.1) is 0 Å². The topological polar surface area (TPSA) is 55.1 Å². The maximum absolute atomic E-state index is 11.7. The molecule has 5 heteroatoms. The number of nitrogens with one attached hydrogen (secondary N) is 1. The second-order valence-corrected chi connectivity index (χ2v) is 4.53. The van der Waals surface area contributed by atoms with Gasteiger partial charge in [-0.1, -0.05) is 11.6 Å². The monoisotopic (exact) mass is 290 g/mol. The van der Waals surface area contributed by atoms with E-state index in [2.05, 4.69) is 21.2 Å². The van der Waals surface area contributed by atoms with Crippen molar-refractivity contribution in [3.05, 3.63) is 33.3 Å². The third-order valence-corrected chi connectivity index (χ3v) is 2.83. The SMILES string of the molecule is CC(CN)NC(=O)c1cc(Cl)ccc1Br. The van der Waals surface area contributed by atoms with Crippen molar-refractivity contribution in [1.82, 2.24) is 5.32 Å². The number of rotatable bonds is 3. The largest absolute Gasteiger partial charge is 0.348 e. The van der Waals surface area contributed by atoms with Gasteiger partial charge in [0.15, 0.2) is 0 Å². The van der Waals surface area contributed by atoms with E-state index in [-0.39, 0.29) is 11.9 Å². The van der Waals surface area contributed by atoms with Gasteiger partial charge in [0.1, 0.15) is 0 Å². The van der Waals surface area contributed by atoms with E-state index in [4.69, 9.17) is 17.3 Å². The Morgan fingerprint density at radius 2 is 2.33 bits per heavy atom. The molecule has 0 aromatic heterocycles. The van der Waals surface area contributed by atoms with Crippen LogP contribution in [-0.4, -0.2) is 18.5 Å². The average Bonchev–Trinajstić information content (AvgIpc) is 2.21. The van der Waals surface area contributed by atoms with Gasteiger partial charge in [0.05, 0.1) is 5.56 Å². The summed E-state index contributed by atoms with van der Waals surface area (Å²) in [6, 6.07) is 5.02. The molecule has 82 valence electrons. The number of hydrogen-bond donors (Lipinski definition) is 2. The Morgan fingerprint density at radius 3 is 2.93 bits per heavy atom. The molecule has 1 rings (SSSR count).